The van der Waals surface area contributed by atoms with Gasteiger partial charge in [-0.1, -0.05) is 17.7 Å². The molecule has 25 heavy (non-hydrogen) atoms. The summed E-state index contributed by atoms with van der Waals surface area (Å²) in [7, 11) is -3.69. The summed E-state index contributed by atoms with van der Waals surface area (Å²) in [5.74, 6) is -0.108. The van der Waals surface area contributed by atoms with Gasteiger partial charge in [-0.15, -0.1) is 0 Å². The van der Waals surface area contributed by atoms with Gasteiger partial charge in [-0.05, 0) is 38.8 Å². The third-order valence-electron chi connectivity index (χ3n) is 4.22. The van der Waals surface area contributed by atoms with E-state index in [1.807, 2.05) is 13.8 Å². The highest BCUT2D eigenvalue weighted by molar-refractivity contribution is 7.89. The van der Waals surface area contributed by atoms with E-state index in [1.54, 1.807) is 24.3 Å². The molecule has 1 aromatic carbocycles. The van der Waals surface area contributed by atoms with Crippen LogP contribution in [0.4, 0.5) is 0 Å². The predicted molar refractivity (Wildman–Crippen MR) is 93.6 cm³/mol. The molecule has 2 rings (SSSR count). The van der Waals surface area contributed by atoms with E-state index in [1.165, 1.54) is 0 Å². The van der Waals surface area contributed by atoms with Crippen molar-refractivity contribution in [3.05, 3.63) is 29.8 Å². The normalized spacial score (nSPS) is 24.0. The molecule has 0 aromatic heterocycles. The first-order chi connectivity index (χ1) is 11.9. The van der Waals surface area contributed by atoms with Crippen LogP contribution in [0, 0.1) is 6.92 Å². The summed E-state index contributed by atoms with van der Waals surface area (Å²) in [4.78, 5) is 11.8. The number of nitrogens with one attached hydrogen (secondary N) is 2. The average Bonchev–Trinajstić information content (AvgIpc) is 2.56. The lowest BCUT2D eigenvalue weighted by molar-refractivity contribution is -0.130. The highest BCUT2D eigenvalue weighted by Gasteiger charge is 2.34. The molecule has 0 saturated carbocycles. The van der Waals surface area contributed by atoms with Gasteiger partial charge in [0, 0.05) is 6.54 Å². The number of benzene rings is 1. The number of hydrogen-bond donors (Lipinski definition) is 3. The number of aryl methyl sites for hydroxylation is 1. The van der Waals surface area contributed by atoms with E-state index in [2.05, 4.69) is 10.0 Å². The zero-order valence-corrected chi connectivity index (χ0v) is 15.4. The molecule has 140 valence electrons. The lowest BCUT2D eigenvalue weighted by atomic mass is 9.98. The monoisotopic (exact) mass is 370 g/mol. The summed E-state index contributed by atoms with van der Waals surface area (Å²) in [6, 6.07) is 6.04. The van der Waals surface area contributed by atoms with Crippen LogP contribution in [0.15, 0.2) is 29.2 Å². The van der Waals surface area contributed by atoms with Crippen LogP contribution in [0.2, 0.25) is 0 Å². The van der Waals surface area contributed by atoms with Crippen LogP contribution in [0.3, 0.4) is 0 Å². The van der Waals surface area contributed by atoms with Crippen LogP contribution < -0.4 is 10.0 Å². The SMILES string of the molecule is CCNC(=O)C[C@@H]1CC[C@@H](NS(=O)(=O)c2ccc(C)cc2)[C@@H](CO)O1. The number of aliphatic hydroxyl groups excluding tert-OH is 1. The van der Waals surface area contributed by atoms with Crippen molar-refractivity contribution >= 4 is 15.9 Å². The quantitative estimate of drug-likeness (QED) is 0.656. The molecule has 1 amide bonds. The minimum absolute atomic E-state index is 0.108. The summed E-state index contributed by atoms with van der Waals surface area (Å²) in [5, 5.41) is 12.3. The molecule has 0 bridgehead atoms. The predicted octanol–water partition coefficient (Wildman–Crippen LogP) is 0.708. The molecule has 1 aromatic rings. The van der Waals surface area contributed by atoms with Gasteiger partial charge >= 0.3 is 0 Å². The van der Waals surface area contributed by atoms with Crippen LogP contribution in [0.25, 0.3) is 0 Å². The van der Waals surface area contributed by atoms with E-state index in [0.717, 1.165) is 5.56 Å². The topological polar surface area (TPSA) is 105 Å². The number of hydrogen-bond acceptors (Lipinski definition) is 5. The Balaban J connectivity index is 2.00. The van der Waals surface area contributed by atoms with Crippen molar-refractivity contribution < 1.29 is 23.1 Å². The maximum absolute atomic E-state index is 12.5. The fraction of sp³-hybridized carbons (Fsp3) is 0.588. The highest BCUT2D eigenvalue weighted by Crippen LogP contribution is 2.23. The van der Waals surface area contributed by atoms with Crippen LogP contribution in [0.5, 0.6) is 0 Å². The fourth-order valence-corrected chi connectivity index (χ4v) is 4.18. The first kappa shape index (κ1) is 19.8. The van der Waals surface area contributed by atoms with Gasteiger partial charge in [0.25, 0.3) is 0 Å². The van der Waals surface area contributed by atoms with Crippen molar-refractivity contribution in [1.82, 2.24) is 10.0 Å². The zero-order valence-electron chi connectivity index (χ0n) is 14.6. The Morgan fingerprint density at radius 3 is 2.56 bits per heavy atom. The smallest absolute Gasteiger partial charge is 0.240 e. The van der Waals surface area contributed by atoms with E-state index in [0.29, 0.717) is 19.4 Å². The second-order valence-electron chi connectivity index (χ2n) is 6.25. The van der Waals surface area contributed by atoms with Crippen LogP contribution in [-0.4, -0.2) is 50.8 Å². The van der Waals surface area contributed by atoms with E-state index < -0.39 is 22.2 Å². The Kier molecular flexibility index (Phi) is 6.95. The Bertz CT molecular complexity index is 675. The number of ether oxygens (including phenoxy) is 1. The standard InChI is InChI=1S/C17H26N2O5S/c1-3-18-17(21)10-13-6-9-15(16(11-20)24-13)19-25(22,23)14-7-4-12(2)5-8-14/h4-5,7-8,13,15-16,19-20H,3,6,9-11H2,1-2H3,(H,18,21)/t13-,15+,16+/m0/s1. The minimum atomic E-state index is -3.69. The molecule has 1 aliphatic rings. The van der Waals surface area contributed by atoms with Crippen molar-refractivity contribution in [1.29, 1.82) is 0 Å². The van der Waals surface area contributed by atoms with Gasteiger partial charge in [0.1, 0.15) is 0 Å². The summed E-state index contributed by atoms with van der Waals surface area (Å²) >= 11 is 0. The average molecular weight is 370 g/mol. The van der Waals surface area contributed by atoms with E-state index in [4.69, 9.17) is 4.74 Å². The van der Waals surface area contributed by atoms with Crippen LogP contribution in [0.1, 0.15) is 31.7 Å². The van der Waals surface area contributed by atoms with Crippen molar-refractivity contribution in [2.24, 2.45) is 0 Å². The number of aliphatic hydroxyl groups is 1. The summed E-state index contributed by atoms with van der Waals surface area (Å²) in [6.45, 7) is 3.96. The molecule has 1 aliphatic heterocycles. The number of carbonyl (C=O) groups excluding carboxylic acids is 1. The second kappa shape index (κ2) is 8.75. The number of sulfonamides is 1. The first-order valence-electron chi connectivity index (χ1n) is 8.47. The Morgan fingerprint density at radius 1 is 1.28 bits per heavy atom. The van der Waals surface area contributed by atoms with Gasteiger partial charge < -0.3 is 15.2 Å². The van der Waals surface area contributed by atoms with Crippen molar-refractivity contribution in [2.75, 3.05) is 13.2 Å². The maximum atomic E-state index is 12.5. The maximum Gasteiger partial charge on any atom is 0.240 e. The molecule has 0 radical (unpaired) electrons. The van der Waals surface area contributed by atoms with Crippen LogP contribution in [-0.2, 0) is 19.6 Å². The molecular weight excluding hydrogens is 344 g/mol. The summed E-state index contributed by atoms with van der Waals surface area (Å²) in [5.41, 5.74) is 0.974. The molecule has 1 fully saturated rings. The first-order valence-corrected chi connectivity index (χ1v) is 9.96. The number of amides is 1. The summed E-state index contributed by atoms with van der Waals surface area (Å²) in [6.07, 6.45) is 0.272. The van der Waals surface area contributed by atoms with Crippen molar-refractivity contribution in [3.63, 3.8) is 0 Å². The lowest BCUT2D eigenvalue weighted by Crippen LogP contribution is -2.51. The zero-order chi connectivity index (χ0) is 18.4. The summed E-state index contributed by atoms with van der Waals surface area (Å²) < 4.78 is 33.4. The number of carbonyl (C=O) groups is 1. The van der Waals surface area contributed by atoms with Crippen molar-refractivity contribution in [2.45, 2.75) is 56.3 Å². The highest BCUT2D eigenvalue weighted by atomic mass is 32.2. The van der Waals surface area contributed by atoms with E-state index >= 15 is 0 Å². The van der Waals surface area contributed by atoms with Crippen LogP contribution >= 0.6 is 0 Å². The molecule has 3 N–H and O–H groups in total. The molecular formula is C17H26N2O5S. The van der Waals surface area contributed by atoms with Gasteiger partial charge in [-0.25, -0.2) is 13.1 Å². The molecule has 0 unspecified atom stereocenters. The molecule has 0 aliphatic carbocycles. The Morgan fingerprint density at radius 2 is 1.96 bits per heavy atom. The van der Waals surface area contributed by atoms with E-state index in [-0.39, 0.29) is 29.9 Å². The number of rotatable bonds is 7. The molecule has 7 nitrogen and oxygen atoms in total. The molecule has 3 atom stereocenters. The van der Waals surface area contributed by atoms with Gasteiger partial charge in [-0.2, -0.15) is 0 Å². The molecule has 0 spiro atoms. The van der Waals surface area contributed by atoms with Gasteiger partial charge in [-0.3, -0.25) is 4.79 Å². The largest absolute Gasteiger partial charge is 0.394 e. The van der Waals surface area contributed by atoms with Gasteiger partial charge in [0.2, 0.25) is 15.9 Å². The minimum Gasteiger partial charge on any atom is -0.394 e. The van der Waals surface area contributed by atoms with Crippen molar-refractivity contribution in [3.8, 4) is 0 Å². The van der Waals surface area contributed by atoms with E-state index in [9.17, 15) is 18.3 Å². The molecule has 8 heteroatoms. The fourth-order valence-electron chi connectivity index (χ4n) is 2.88. The molecule has 1 saturated heterocycles. The lowest BCUT2D eigenvalue weighted by Gasteiger charge is -2.35. The second-order valence-corrected chi connectivity index (χ2v) is 7.97. The molecule has 1 heterocycles. The third kappa shape index (κ3) is 5.50. The Labute approximate surface area is 148 Å². The Hall–Kier alpha value is -1.48. The van der Waals surface area contributed by atoms with Gasteiger partial charge in [0.15, 0.2) is 0 Å². The van der Waals surface area contributed by atoms with Gasteiger partial charge in [0.05, 0.1) is 36.2 Å². The third-order valence-corrected chi connectivity index (χ3v) is 5.73.